The van der Waals surface area contributed by atoms with Crippen LogP contribution in [0, 0.1) is 13.8 Å². The molecular weight excluding hydrogens is 567 g/mol. The third-order valence-corrected chi connectivity index (χ3v) is 10.3. The molecule has 0 amide bonds. The van der Waals surface area contributed by atoms with Gasteiger partial charge in [0.15, 0.2) is 5.13 Å². The first-order valence-corrected chi connectivity index (χ1v) is 15.4. The third-order valence-electron chi connectivity index (χ3n) is 6.45. The molecule has 0 spiro atoms. The van der Waals surface area contributed by atoms with Crippen LogP contribution in [0.25, 0.3) is 32.4 Å². The number of nitrogens with one attached hydrogen (secondary N) is 1. The van der Waals surface area contributed by atoms with E-state index in [9.17, 15) is 13.2 Å². The second kappa shape index (κ2) is 10.1. The zero-order valence-corrected chi connectivity index (χ0v) is 24.2. The molecule has 202 valence electrons. The number of ether oxygens (including phenoxy) is 1. The first-order chi connectivity index (χ1) is 19.2. The van der Waals surface area contributed by atoms with E-state index in [2.05, 4.69) is 19.7 Å². The first-order valence-electron chi connectivity index (χ1n) is 12.2. The van der Waals surface area contributed by atoms with Crippen LogP contribution in [0.4, 0.5) is 5.13 Å². The summed E-state index contributed by atoms with van der Waals surface area (Å²) in [6, 6.07) is 18.1. The van der Waals surface area contributed by atoms with Gasteiger partial charge in [0.05, 0.1) is 19.2 Å². The van der Waals surface area contributed by atoms with Crippen LogP contribution in [-0.4, -0.2) is 35.0 Å². The van der Waals surface area contributed by atoms with Gasteiger partial charge >= 0.3 is 0 Å². The van der Waals surface area contributed by atoms with Crippen LogP contribution in [0.1, 0.15) is 17.0 Å². The van der Waals surface area contributed by atoms with E-state index in [1.54, 1.807) is 34.2 Å². The Morgan fingerprint density at radius 1 is 0.975 bits per heavy atom. The Labute approximate surface area is 237 Å². The Kier molecular flexibility index (Phi) is 6.61. The average molecular weight is 590 g/mol. The molecular formula is C28H23N5O4S3. The number of hydrogen-bond donors (Lipinski definition) is 1. The lowest BCUT2D eigenvalue weighted by molar-refractivity contribution is 0.400. The lowest BCUT2D eigenvalue weighted by atomic mass is 10.1. The van der Waals surface area contributed by atoms with Crippen LogP contribution in [0.15, 0.2) is 75.0 Å². The van der Waals surface area contributed by atoms with Crippen molar-refractivity contribution >= 4 is 59.1 Å². The van der Waals surface area contributed by atoms with Gasteiger partial charge in [-0.1, -0.05) is 35.6 Å². The highest BCUT2D eigenvalue weighted by Crippen LogP contribution is 2.35. The maximum Gasteiger partial charge on any atom is 0.273 e. The van der Waals surface area contributed by atoms with Crippen molar-refractivity contribution < 1.29 is 13.2 Å². The van der Waals surface area contributed by atoms with Crippen molar-refractivity contribution in [2.24, 2.45) is 0 Å². The number of thiazole rings is 1. The molecule has 0 radical (unpaired) electrons. The number of anilines is 1. The lowest BCUT2D eigenvalue weighted by Gasteiger charge is -2.13. The smallest absolute Gasteiger partial charge is 0.273 e. The van der Waals surface area contributed by atoms with Gasteiger partial charge < -0.3 is 9.30 Å². The minimum Gasteiger partial charge on any atom is -0.481 e. The zero-order chi connectivity index (χ0) is 28.0. The summed E-state index contributed by atoms with van der Waals surface area (Å²) in [5, 5.41) is 2.91. The van der Waals surface area contributed by atoms with Crippen LogP contribution in [0.2, 0.25) is 0 Å². The summed E-state index contributed by atoms with van der Waals surface area (Å²) in [5.74, 6) is 0.433. The molecule has 1 N–H and O–H groups in total. The van der Waals surface area contributed by atoms with Gasteiger partial charge in [-0.05, 0) is 54.6 Å². The summed E-state index contributed by atoms with van der Waals surface area (Å²) in [6.07, 6.45) is 0. The molecule has 6 aromatic rings. The molecule has 0 aliphatic heterocycles. The van der Waals surface area contributed by atoms with Gasteiger partial charge in [0.25, 0.3) is 15.6 Å². The zero-order valence-electron chi connectivity index (χ0n) is 21.7. The minimum absolute atomic E-state index is 0.0950. The van der Waals surface area contributed by atoms with Crippen molar-refractivity contribution in [1.29, 1.82) is 0 Å². The van der Waals surface area contributed by atoms with Gasteiger partial charge in [-0.3, -0.25) is 14.5 Å². The largest absolute Gasteiger partial charge is 0.481 e. The van der Waals surface area contributed by atoms with Crippen molar-refractivity contribution in [1.82, 2.24) is 19.5 Å². The molecule has 9 nitrogen and oxygen atoms in total. The molecule has 12 heteroatoms. The molecule has 5 aromatic heterocycles. The van der Waals surface area contributed by atoms with E-state index in [4.69, 9.17) is 4.74 Å². The summed E-state index contributed by atoms with van der Waals surface area (Å²) in [7, 11) is -2.38. The van der Waals surface area contributed by atoms with E-state index >= 15 is 0 Å². The summed E-state index contributed by atoms with van der Waals surface area (Å²) in [4.78, 5) is 26.5. The molecule has 0 atom stereocenters. The summed E-state index contributed by atoms with van der Waals surface area (Å²) in [6.45, 7) is 4.23. The summed E-state index contributed by atoms with van der Waals surface area (Å²) < 4.78 is 36.4. The van der Waals surface area contributed by atoms with Crippen LogP contribution in [0.5, 0.6) is 5.88 Å². The monoisotopic (exact) mass is 589 g/mol. The first kappa shape index (κ1) is 26.1. The van der Waals surface area contributed by atoms with Gasteiger partial charge in [0, 0.05) is 34.5 Å². The topological polar surface area (TPSA) is 116 Å². The number of benzene rings is 1. The van der Waals surface area contributed by atoms with Crippen LogP contribution < -0.4 is 15.0 Å². The Balaban J connectivity index is 1.28. The number of aryl methyl sites for hydroxylation is 2. The van der Waals surface area contributed by atoms with Crippen molar-refractivity contribution in [3.63, 3.8) is 0 Å². The second-order valence-corrected chi connectivity index (χ2v) is 12.9. The predicted octanol–water partition coefficient (Wildman–Crippen LogP) is 5.60. The molecule has 1 aromatic carbocycles. The van der Waals surface area contributed by atoms with E-state index in [-0.39, 0.29) is 14.9 Å². The van der Waals surface area contributed by atoms with Gasteiger partial charge in [0.2, 0.25) is 5.88 Å². The molecule has 0 fully saturated rings. The fourth-order valence-electron chi connectivity index (χ4n) is 4.58. The molecule has 0 saturated carbocycles. The maximum absolute atomic E-state index is 13.4. The molecule has 0 bridgehead atoms. The second-order valence-electron chi connectivity index (χ2n) is 9.16. The normalized spacial score (nSPS) is 11.8. The van der Waals surface area contributed by atoms with E-state index in [0.29, 0.717) is 28.3 Å². The maximum atomic E-state index is 13.4. The number of rotatable bonds is 7. The number of thiophene rings is 1. The molecule has 5 heterocycles. The SMILES string of the molecule is COc1ccc2nc(NS(=O)(=O)c3sccc3-c3ccc(Cn4c(=O)ccc5c(C)nc(C)cc54)cc3)sc2n1. The van der Waals surface area contributed by atoms with Crippen molar-refractivity contribution in [2.75, 3.05) is 11.8 Å². The highest BCUT2D eigenvalue weighted by molar-refractivity contribution is 7.95. The van der Waals surface area contributed by atoms with Crippen molar-refractivity contribution in [3.05, 3.63) is 93.3 Å². The van der Waals surface area contributed by atoms with Crippen LogP contribution in [0.3, 0.4) is 0 Å². The van der Waals surface area contributed by atoms with Gasteiger partial charge in [-0.2, -0.15) is 0 Å². The molecule has 0 unspecified atom stereocenters. The van der Waals surface area contributed by atoms with E-state index in [1.165, 1.54) is 7.11 Å². The highest BCUT2D eigenvalue weighted by Gasteiger charge is 2.23. The fraction of sp³-hybridized carbons (Fsp3) is 0.143. The fourth-order valence-corrected chi connectivity index (χ4v) is 8.04. The number of nitrogens with zero attached hydrogens (tertiary/aromatic N) is 4. The van der Waals surface area contributed by atoms with Crippen LogP contribution >= 0.6 is 22.7 Å². The number of hydrogen-bond acceptors (Lipinski definition) is 9. The number of aromatic nitrogens is 4. The van der Waals surface area contributed by atoms with Gasteiger partial charge in [-0.15, -0.1) is 11.3 Å². The van der Waals surface area contributed by atoms with E-state index in [1.807, 2.05) is 50.2 Å². The lowest BCUT2D eigenvalue weighted by Crippen LogP contribution is -2.20. The van der Waals surface area contributed by atoms with E-state index in [0.717, 1.165) is 56.1 Å². The standard InChI is InChI=1S/C28H23N5O4S3/c1-16-14-23-20(17(2)29-16)8-11-25(34)33(23)15-18-4-6-19(7-5-18)21-12-13-38-27(21)40(35,36)32-28-30-22-9-10-24(37-3)31-26(22)39-28/h4-14H,15H2,1-3H3,(H,30,32). The molecule has 0 aliphatic carbocycles. The quantitative estimate of drug-likeness (QED) is 0.258. The summed E-state index contributed by atoms with van der Waals surface area (Å²) in [5.41, 5.74) is 5.30. The van der Waals surface area contributed by atoms with E-state index < -0.39 is 10.0 Å². The molecule has 40 heavy (non-hydrogen) atoms. The Bertz CT molecular complexity index is 2060. The molecule has 0 saturated heterocycles. The predicted molar refractivity (Wildman–Crippen MR) is 159 cm³/mol. The minimum atomic E-state index is -3.90. The van der Waals surface area contributed by atoms with Crippen molar-refractivity contribution in [3.8, 4) is 17.0 Å². The molecule has 0 aliphatic rings. The number of pyridine rings is 3. The summed E-state index contributed by atoms with van der Waals surface area (Å²) >= 11 is 2.28. The highest BCUT2D eigenvalue weighted by atomic mass is 32.2. The van der Waals surface area contributed by atoms with Gasteiger partial charge in [-0.25, -0.2) is 18.4 Å². The van der Waals surface area contributed by atoms with Gasteiger partial charge in [0.1, 0.15) is 14.6 Å². The van der Waals surface area contributed by atoms with Crippen LogP contribution in [-0.2, 0) is 16.6 Å². The Morgan fingerprint density at radius 2 is 1.77 bits per heavy atom. The number of sulfonamides is 1. The Hall–Kier alpha value is -4.13. The Morgan fingerprint density at radius 3 is 2.55 bits per heavy atom. The number of methoxy groups -OCH3 is 1. The number of fused-ring (bicyclic) bond motifs is 2. The van der Waals surface area contributed by atoms with Crippen molar-refractivity contribution in [2.45, 2.75) is 24.6 Å². The third kappa shape index (κ3) is 4.85. The molecule has 6 rings (SSSR count). The average Bonchev–Trinajstić information content (AvgIpc) is 3.57.